The average molecular weight is 333 g/mol. The Kier molecular flexibility index (Phi) is 3.70. The Morgan fingerprint density at radius 3 is 2.70 bits per heavy atom. The third-order valence-corrected chi connectivity index (χ3v) is 4.72. The Balaban J connectivity index is 2.11. The summed E-state index contributed by atoms with van der Waals surface area (Å²) in [5.74, 6) is 1.72. The number of pyridine rings is 1. The molecular formula is C15H17BrN4. The van der Waals surface area contributed by atoms with Crippen LogP contribution in [0.1, 0.15) is 42.9 Å². The summed E-state index contributed by atoms with van der Waals surface area (Å²) >= 11 is 3.55. The number of rotatable bonds is 2. The quantitative estimate of drug-likeness (QED) is 0.907. The van der Waals surface area contributed by atoms with Crippen molar-refractivity contribution in [3.8, 4) is 11.4 Å². The van der Waals surface area contributed by atoms with Crippen molar-refractivity contribution in [2.75, 3.05) is 5.73 Å². The topological polar surface area (TPSA) is 64.7 Å². The normalized spacial score (nSPS) is 15.7. The minimum absolute atomic E-state index is 0.496. The highest BCUT2D eigenvalue weighted by Crippen LogP contribution is 2.39. The van der Waals surface area contributed by atoms with Gasteiger partial charge in [-0.25, -0.2) is 9.97 Å². The zero-order chi connectivity index (χ0) is 14.1. The fourth-order valence-electron chi connectivity index (χ4n) is 2.80. The highest BCUT2D eigenvalue weighted by molar-refractivity contribution is 9.10. The van der Waals surface area contributed by atoms with Crippen molar-refractivity contribution in [2.45, 2.75) is 38.5 Å². The van der Waals surface area contributed by atoms with Gasteiger partial charge >= 0.3 is 0 Å². The first kappa shape index (κ1) is 13.5. The van der Waals surface area contributed by atoms with E-state index >= 15 is 0 Å². The van der Waals surface area contributed by atoms with Crippen LogP contribution in [-0.4, -0.2) is 15.0 Å². The zero-order valence-electron chi connectivity index (χ0n) is 11.4. The van der Waals surface area contributed by atoms with E-state index in [1.54, 1.807) is 6.20 Å². The van der Waals surface area contributed by atoms with Gasteiger partial charge in [-0.05, 0) is 47.3 Å². The van der Waals surface area contributed by atoms with Gasteiger partial charge in [-0.2, -0.15) is 0 Å². The highest BCUT2D eigenvalue weighted by atomic mass is 79.9. The molecule has 4 nitrogen and oxygen atoms in total. The zero-order valence-corrected chi connectivity index (χ0v) is 13.0. The molecule has 2 N–H and O–H groups in total. The van der Waals surface area contributed by atoms with Crippen LogP contribution in [0.2, 0.25) is 0 Å². The Bertz CT molecular complexity index is 636. The van der Waals surface area contributed by atoms with Crippen LogP contribution in [0.25, 0.3) is 11.4 Å². The van der Waals surface area contributed by atoms with Gasteiger partial charge in [0.2, 0.25) is 0 Å². The van der Waals surface area contributed by atoms with Crippen LogP contribution in [0.15, 0.2) is 22.9 Å². The van der Waals surface area contributed by atoms with Gasteiger partial charge in [-0.3, -0.25) is 4.98 Å². The Hall–Kier alpha value is -1.49. The minimum atomic E-state index is 0.496. The third-order valence-electron chi connectivity index (χ3n) is 3.91. The average Bonchev–Trinajstić information content (AvgIpc) is 2.96. The van der Waals surface area contributed by atoms with Crippen molar-refractivity contribution >= 4 is 21.7 Å². The molecule has 0 bridgehead atoms. The molecule has 20 heavy (non-hydrogen) atoms. The second-order valence-electron chi connectivity index (χ2n) is 5.30. The Morgan fingerprint density at radius 1 is 1.25 bits per heavy atom. The molecule has 3 rings (SSSR count). The van der Waals surface area contributed by atoms with Crippen molar-refractivity contribution in [1.82, 2.24) is 15.0 Å². The number of hydrogen-bond donors (Lipinski definition) is 1. The van der Waals surface area contributed by atoms with Crippen molar-refractivity contribution < 1.29 is 0 Å². The number of aromatic nitrogens is 3. The number of nitrogens with zero attached hydrogens (tertiary/aromatic N) is 3. The van der Waals surface area contributed by atoms with Gasteiger partial charge in [-0.15, -0.1) is 0 Å². The molecule has 0 saturated heterocycles. The van der Waals surface area contributed by atoms with Crippen molar-refractivity contribution in [2.24, 2.45) is 0 Å². The number of halogens is 1. The van der Waals surface area contributed by atoms with Gasteiger partial charge in [0.15, 0.2) is 5.82 Å². The number of hydrogen-bond acceptors (Lipinski definition) is 4. The summed E-state index contributed by atoms with van der Waals surface area (Å²) in [5.41, 5.74) is 9.18. The molecular weight excluding hydrogens is 316 g/mol. The number of nitrogen functional groups attached to an aromatic ring is 1. The summed E-state index contributed by atoms with van der Waals surface area (Å²) < 4.78 is 0.861. The van der Waals surface area contributed by atoms with Gasteiger partial charge in [-0.1, -0.05) is 12.8 Å². The fraction of sp³-hybridized carbons (Fsp3) is 0.400. The molecule has 1 aliphatic rings. The Morgan fingerprint density at radius 2 is 2.00 bits per heavy atom. The van der Waals surface area contributed by atoms with Crippen LogP contribution in [0.5, 0.6) is 0 Å². The first-order valence-electron chi connectivity index (χ1n) is 6.90. The standard InChI is InChI=1S/C15H17BrN4/c1-9-8-18-7-6-11(9)15-19-13(10-4-2-3-5-10)12(16)14(17)20-15/h6-8,10H,2-5H2,1H3,(H2,17,19,20). The number of nitrogens with two attached hydrogens (primary N) is 1. The lowest BCUT2D eigenvalue weighted by Crippen LogP contribution is -2.06. The molecule has 1 saturated carbocycles. The van der Waals surface area contributed by atoms with Gasteiger partial charge in [0, 0.05) is 23.9 Å². The van der Waals surface area contributed by atoms with Crippen LogP contribution in [-0.2, 0) is 0 Å². The van der Waals surface area contributed by atoms with Crippen molar-refractivity contribution in [3.05, 3.63) is 34.2 Å². The summed E-state index contributed by atoms with van der Waals surface area (Å²) in [4.78, 5) is 13.3. The molecule has 0 aliphatic heterocycles. The Labute approximate surface area is 127 Å². The smallest absolute Gasteiger partial charge is 0.162 e. The van der Waals surface area contributed by atoms with E-state index in [-0.39, 0.29) is 0 Å². The van der Waals surface area contributed by atoms with Crippen LogP contribution in [0, 0.1) is 6.92 Å². The molecule has 2 aromatic heterocycles. The maximum atomic E-state index is 6.06. The highest BCUT2D eigenvalue weighted by Gasteiger charge is 2.23. The number of aryl methyl sites for hydroxylation is 1. The summed E-state index contributed by atoms with van der Waals surface area (Å²) in [6, 6.07) is 1.94. The van der Waals surface area contributed by atoms with E-state index in [0.717, 1.165) is 21.3 Å². The van der Waals surface area contributed by atoms with Crippen molar-refractivity contribution in [1.29, 1.82) is 0 Å². The summed E-state index contributed by atoms with van der Waals surface area (Å²) in [7, 11) is 0. The summed E-state index contributed by atoms with van der Waals surface area (Å²) in [6.45, 7) is 2.01. The lowest BCUT2D eigenvalue weighted by atomic mass is 10.0. The van der Waals surface area contributed by atoms with Gasteiger partial charge in [0.1, 0.15) is 5.82 Å². The van der Waals surface area contributed by atoms with Gasteiger partial charge in [0.05, 0.1) is 10.2 Å². The minimum Gasteiger partial charge on any atom is -0.383 e. The third kappa shape index (κ3) is 2.42. The van der Waals surface area contributed by atoms with E-state index in [0.29, 0.717) is 17.6 Å². The van der Waals surface area contributed by atoms with Crippen LogP contribution >= 0.6 is 15.9 Å². The number of anilines is 1. The van der Waals surface area contributed by atoms with E-state index < -0.39 is 0 Å². The first-order chi connectivity index (χ1) is 9.66. The molecule has 1 fully saturated rings. The van der Waals surface area contributed by atoms with E-state index in [1.807, 2.05) is 19.2 Å². The van der Waals surface area contributed by atoms with E-state index in [1.165, 1.54) is 25.7 Å². The molecule has 0 radical (unpaired) electrons. The molecule has 0 unspecified atom stereocenters. The predicted octanol–water partition coefficient (Wildman–Crippen LogP) is 3.85. The van der Waals surface area contributed by atoms with Crippen LogP contribution < -0.4 is 5.73 Å². The maximum absolute atomic E-state index is 6.06. The summed E-state index contributed by atoms with van der Waals surface area (Å²) in [5, 5.41) is 0. The van der Waals surface area contributed by atoms with Crippen LogP contribution in [0.4, 0.5) is 5.82 Å². The second kappa shape index (κ2) is 5.48. The predicted molar refractivity (Wildman–Crippen MR) is 83.3 cm³/mol. The molecule has 0 atom stereocenters. The first-order valence-corrected chi connectivity index (χ1v) is 7.70. The van der Waals surface area contributed by atoms with Gasteiger partial charge in [0.25, 0.3) is 0 Å². The lowest BCUT2D eigenvalue weighted by molar-refractivity contribution is 0.691. The van der Waals surface area contributed by atoms with Crippen LogP contribution in [0.3, 0.4) is 0 Å². The molecule has 2 heterocycles. The van der Waals surface area contributed by atoms with Gasteiger partial charge < -0.3 is 5.73 Å². The fourth-order valence-corrected chi connectivity index (χ4v) is 3.30. The summed E-state index contributed by atoms with van der Waals surface area (Å²) in [6.07, 6.45) is 8.49. The molecule has 5 heteroatoms. The molecule has 0 aromatic carbocycles. The monoisotopic (exact) mass is 332 g/mol. The van der Waals surface area contributed by atoms with E-state index in [4.69, 9.17) is 10.7 Å². The van der Waals surface area contributed by atoms with Crippen molar-refractivity contribution in [3.63, 3.8) is 0 Å². The maximum Gasteiger partial charge on any atom is 0.162 e. The SMILES string of the molecule is Cc1cnccc1-c1nc(N)c(Br)c(C2CCCC2)n1. The second-order valence-corrected chi connectivity index (χ2v) is 6.10. The van der Waals surface area contributed by atoms with E-state index in [2.05, 4.69) is 25.9 Å². The molecule has 0 amide bonds. The lowest BCUT2D eigenvalue weighted by Gasteiger charge is -2.14. The largest absolute Gasteiger partial charge is 0.383 e. The molecule has 1 aliphatic carbocycles. The van der Waals surface area contributed by atoms with E-state index in [9.17, 15) is 0 Å². The molecule has 104 valence electrons. The molecule has 0 spiro atoms. The molecule has 2 aromatic rings.